The number of carbonyl (C=O) groups excluding carboxylic acids is 3. The van der Waals surface area contributed by atoms with Crippen molar-refractivity contribution in [2.45, 2.75) is 19.9 Å². The second-order valence-electron chi connectivity index (χ2n) is 6.82. The smallest absolute Gasteiger partial charge is 0.227 e. The normalized spacial score (nSPS) is 15.9. The van der Waals surface area contributed by atoms with Gasteiger partial charge in [0.1, 0.15) is 5.75 Å². The Bertz CT molecular complexity index is 947. The van der Waals surface area contributed by atoms with Crippen molar-refractivity contribution >= 4 is 40.7 Å². The van der Waals surface area contributed by atoms with E-state index in [-0.39, 0.29) is 30.7 Å². The number of nitrogens with one attached hydrogen (secondary N) is 2. The average molecular weight is 416 g/mol. The van der Waals surface area contributed by atoms with E-state index in [2.05, 4.69) is 10.6 Å². The molecule has 0 bridgehead atoms. The molecule has 29 heavy (non-hydrogen) atoms. The second kappa shape index (κ2) is 8.96. The van der Waals surface area contributed by atoms with Crippen LogP contribution in [0.3, 0.4) is 0 Å². The number of anilines is 2. The fraction of sp³-hybridized carbons (Fsp3) is 0.286. The molecule has 2 aromatic rings. The van der Waals surface area contributed by atoms with Crippen molar-refractivity contribution in [3.63, 3.8) is 0 Å². The van der Waals surface area contributed by atoms with Crippen LogP contribution < -0.4 is 20.3 Å². The van der Waals surface area contributed by atoms with Gasteiger partial charge >= 0.3 is 0 Å². The van der Waals surface area contributed by atoms with Gasteiger partial charge in [-0.1, -0.05) is 23.7 Å². The van der Waals surface area contributed by atoms with Gasteiger partial charge in [0.05, 0.1) is 18.7 Å². The summed E-state index contributed by atoms with van der Waals surface area (Å²) < 4.78 is 5.32. The summed E-state index contributed by atoms with van der Waals surface area (Å²) in [6.07, 6.45) is 0.118. The van der Waals surface area contributed by atoms with E-state index in [9.17, 15) is 14.4 Å². The molecule has 1 heterocycles. The lowest BCUT2D eigenvalue weighted by atomic mass is 10.1. The third-order valence-corrected chi connectivity index (χ3v) is 4.88. The first-order valence-electron chi connectivity index (χ1n) is 9.15. The van der Waals surface area contributed by atoms with E-state index in [4.69, 9.17) is 16.3 Å². The number of halogens is 1. The van der Waals surface area contributed by atoms with Gasteiger partial charge in [-0.05, 0) is 35.9 Å². The van der Waals surface area contributed by atoms with Crippen LogP contribution in [-0.2, 0) is 20.9 Å². The zero-order valence-electron chi connectivity index (χ0n) is 16.2. The highest BCUT2D eigenvalue weighted by Gasteiger charge is 2.36. The number of rotatable bonds is 6. The average Bonchev–Trinajstić information content (AvgIpc) is 3.07. The summed E-state index contributed by atoms with van der Waals surface area (Å²) in [4.78, 5) is 37.8. The molecule has 1 aliphatic rings. The van der Waals surface area contributed by atoms with Crippen LogP contribution in [0.5, 0.6) is 5.75 Å². The molecule has 0 aliphatic carbocycles. The molecule has 2 N–H and O–H groups in total. The van der Waals surface area contributed by atoms with E-state index in [0.29, 0.717) is 28.7 Å². The van der Waals surface area contributed by atoms with Crippen LogP contribution in [0.1, 0.15) is 18.9 Å². The largest absolute Gasteiger partial charge is 0.495 e. The first-order chi connectivity index (χ1) is 13.9. The lowest BCUT2D eigenvalue weighted by Gasteiger charge is -2.20. The Morgan fingerprint density at radius 3 is 2.76 bits per heavy atom. The minimum Gasteiger partial charge on any atom is -0.495 e. The van der Waals surface area contributed by atoms with Crippen molar-refractivity contribution in [3.8, 4) is 5.75 Å². The quantitative estimate of drug-likeness (QED) is 0.759. The molecule has 7 nitrogen and oxygen atoms in total. The summed E-state index contributed by atoms with van der Waals surface area (Å²) in [5, 5.41) is 6.06. The molecule has 152 valence electrons. The van der Waals surface area contributed by atoms with Crippen molar-refractivity contribution in [1.82, 2.24) is 5.32 Å². The van der Waals surface area contributed by atoms with Gasteiger partial charge in [0.15, 0.2) is 0 Å². The molecule has 8 heteroatoms. The monoisotopic (exact) mass is 415 g/mol. The molecule has 0 aromatic heterocycles. The molecule has 3 rings (SSSR count). The summed E-state index contributed by atoms with van der Waals surface area (Å²) >= 11 is 6.06. The molecule has 0 radical (unpaired) electrons. The van der Waals surface area contributed by atoms with Gasteiger partial charge < -0.3 is 20.3 Å². The van der Waals surface area contributed by atoms with Gasteiger partial charge in [0, 0.05) is 37.1 Å². The van der Waals surface area contributed by atoms with Crippen molar-refractivity contribution < 1.29 is 19.1 Å². The molecule has 1 unspecified atom stereocenters. The van der Waals surface area contributed by atoms with Crippen LogP contribution in [0.25, 0.3) is 0 Å². The molecule has 1 fully saturated rings. The fourth-order valence-corrected chi connectivity index (χ4v) is 3.45. The third kappa shape index (κ3) is 5.06. The van der Waals surface area contributed by atoms with Crippen LogP contribution in [-0.4, -0.2) is 31.4 Å². The molecule has 3 amide bonds. The molecule has 0 spiro atoms. The maximum atomic E-state index is 12.6. The highest BCUT2D eigenvalue weighted by molar-refractivity contribution is 6.31. The van der Waals surface area contributed by atoms with Crippen LogP contribution in [0.2, 0.25) is 5.02 Å². The summed E-state index contributed by atoms with van der Waals surface area (Å²) in [5.41, 5.74) is 2.07. The van der Waals surface area contributed by atoms with Crippen LogP contribution >= 0.6 is 11.6 Å². The Kier molecular flexibility index (Phi) is 6.39. The van der Waals surface area contributed by atoms with E-state index < -0.39 is 5.92 Å². The summed E-state index contributed by atoms with van der Waals surface area (Å²) in [7, 11) is 1.52. The number of methoxy groups -OCH3 is 1. The van der Waals surface area contributed by atoms with E-state index in [1.165, 1.54) is 18.9 Å². The van der Waals surface area contributed by atoms with E-state index in [1.807, 2.05) is 6.07 Å². The standard InChI is InChI=1S/C21H22ClN3O4/c1-13(26)24-17-5-3-4-14(8-17)11-23-21(28)15-9-20(27)25(12-15)18-10-16(22)6-7-19(18)29-2/h3-8,10,15H,9,11-12H2,1-2H3,(H,23,28)(H,24,26). The fourth-order valence-electron chi connectivity index (χ4n) is 3.29. The lowest BCUT2D eigenvalue weighted by molar-refractivity contribution is -0.126. The van der Waals surface area contributed by atoms with Gasteiger partial charge in [-0.2, -0.15) is 0 Å². The molecule has 2 aromatic carbocycles. The van der Waals surface area contributed by atoms with Crippen molar-refractivity contribution in [3.05, 3.63) is 53.1 Å². The highest BCUT2D eigenvalue weighted by atomic mass is 35.5. The molecular formula is C21H22ClN3O4. The van der Waals surface area contributed by atoms with Crippen LogP contribution in [0.4, 0.5) is 11.4 Å². The lowest BCUT2D eigenvalue weighted by Crippen LogP contribution is -2.32. The van der Waals surface area contributed by atoms with Crippen LogP contribution in [0, 0.1) is 5.92 Å². The van der Waals surface area contributed by atoms with Crippen LogP contribution in [0.15, 0.2) is 42.5 Å². The molecule has 0 saturated carbocycles. The second-order valence-corrected chi connectivity index (χ2v) is 7.26. The number of carbonyl (C=O) groups is 3. The molecule has 1 atom stereocenters. The maximum Gasteiger partial charge on any atom is 0.227 e. The third-order valence-electron chi connectivity index (χ3n) is 4.64. The zero-order valence-corrected chi connectivity index (χ0v) is 17.0. The summed E-state index contributed by atoms with van der Waals surface area (Å²) in [6, 6.07) is 12.3. The van der Waals surface area contributed by atoms with E-state index >= 15 is 0 Å². The minimum absolute atomic E-state index is 0.118. The number of hydrogen-bond donors (Lipinski definition) is 2. The first kappa shape index (κ1) is 20.7. The number of ether oxygens (including phenoxy) is 1. The Morgan fingerprint density at radius 2 is 2.03 bits per heavy atom. The number of benzene rings is 2. The first-order valence-corrected chi connectivity index (χ1v) is 9.53. The van der Waals surface area contributed by atoms with Gasteiger partial charge in [0.25, 0.3) is 0 Å². The molecule has 1 aliphatic heterocycles. The Balaban J connectivity index is 1.64. The van der Waals surface area contributed by atoms with Gasteiger partial charge in [-0.25, -0.2) is 0 Å². The van der Waals surface area contributed by atoms with Gasteiger partial charge in [-0.3, -0.25) is 14.4 Å². The van der Waals surface area contributed by atoms with Crippen molar-refractivity contribution in [2.75, 3.05) is 23.9 Å². The predicted molar refractivity (Wildman–Crippen MR) is 111 cm³/mol. The number of nitrogens with zero attached hydrogens (tertiary/aromatic N) is 1. The molecular weight excluding hydrogens is 394 g/mol. The number of amides is 3. The minimum atomic E-state index is -0.468. The maximum absolute atomic E-state index is 12.6. The topological polar surface area (TPSA) is 87.7 Å². The van der Waals surface area contributed by atoms with E-state index in [0.717, 1.165) is 5.56 Å². The van der Waals surface area contributed by atoms with Crippen molar-refractivity contribution in [1.29, 1.82) is 0 Å². The summed E-state index contributed by atoms with van der Waals surface area (Å²) in [6.45, 7) is 2.00. The summed E-state index contributed by atoms with van der Waals surface area (Å²) in [5.74, 6) is -0.458. The molecule has 1 saturated heterocycles. The zero-order chi connectivity index (χ0) is 21.0. The SMILES string of the molecule is COc1ccc(Cl)cc1N1CC(C(=O)NCc2cccc(NC(C)=O)c2)CC1=O. The van der Waals surface area contributed by atoms with Crippen molar-refractivity contribution in [2.24, 2.45) is 5.92 Å². The predicted octanol–water partition coefficient (Wildman–Crippen LogP) is 2.98. The van der Waals surface area contributed by atoms with Gasteiger partial charge in [-0.15, -0.1) is 0 Å². The van der Waals surface area contributed by atoms with E-state index in [1.54, 1.807) is 36.4 Å². The highest BCUT2D eigenvalue weighted by Crippen LogP contribution is 2.35. The Morgan fingerprint density at radius 1 is 1.24 bits per heavy atom. The Labute approximate surface area is 174 Å². The Hall–Kier alpha value is -3.06. The van der Waals surface area contributed by atoms with Gasteiger partial charge in [0.2, 0.25) is 17.7 Å². The number of hydrogen-bond acceptors (Lipinski definition) is 4.